The number of amides is 1. The second kappa shape index (κ2) is 7.88. The first-order chi connectivity index (χ1) is 12.9. The van der Waals surface area contributed by atoms with Crippen LogP contribution in [0, 0.1) is 13.8 Å². The van der Waals surface area contributed by atoms with Crippen molar-refractivity contribution in [3.63, 3.8) is 0 Å². The zero-order valence-corrected chi connectivity index (χ0v) is 16.9. The number of carbonyl (C=O) groups excluding carboxylic acids is 1. The van der Waals surface area contributed by atoms with Crippen LogP contribution in [-0.4, -0.2) is 37.2 Å². The van der Waals surface area contributed by atoms with Gasteiger partial charge in [-0.25, -0.2) is 4.99 Å². The summed E-state index contributed by atoms with van der Waals surface area (Å²) in [6.45, 7) is 4.04. The van der Waals surface area contributed by atoms with Gasteiger partial charge in [0.25, 0.3) is 5.91 Å². The molecule has 0 spiro atoms. The zero-order valence-electron chi connectivity index (χ0n) is 16.1. The molecule has 0 radical (unpaired) electrons. The third-order valence-electron chi connectivity index (χ3n) is 4.29. The molecule has 0 aliphatic carbocycles. The van der Waals surface area contributed by atoms with Crippen LogP contribution in [0.1, 0.15) is 16.7 Å². The quantitative estimate of drug-likeness (QED) is 0.728. The molecule has 1 fully saturated rings. The van der Waals surface area contributed by atoms with Crippen molar-refractivity contribution in [2.45, 2.75) is 13.8 Å². The van der Waals surface area contributed by atoms with Crippen LogP contribution in [0.4, 0.5) is 5.69 Å². The molecule has 27 heavy (non-hydrogen) atoms. The number of thioether (sulfide) groups is 1. The Morgan fingerprint density at radius 2 is 1.78 bits per heavy atom. The van der Waals surface area contributed by atoms with E-state index in [0.29, 0.717) is 21.6 Å². The Morgan fingerprint density at radius 3 is 2.48 bits per heavy atom. The molecule has 0 N–H and O–H groups in total. The Labute approximate surface area is 163 Å². The second-order valence-electron chi connectivity index (χ2n) is 6.27. The van der Waals surface area contributed by atoms with Gasteiger partial charge in [0.2, 0.25) is 0 Å². The SMILES string of the molecule is COc1ccc(/C=C2/SC(=Nc3cc(C)ccc3C)N(C)C2=O)cc1OC. The van der Waals surface area contributed by atoms with Crippen molar-refractivity contribution in [1.82, 2.24) is 4.90 Å². The Kier molecular flexibility index (Phi) is 5.56. The van der Waals surface area contributed by atoms with Gasteiger partial charge < -0.3 is 9.47 Å². The number of carbonyl (C=O) groups is 1. The molecule has 140 valence electrons. The van der Waals surface area contributed by atoms with E-state index in [0.717, 1.165) is 22.4 Å². The third kappa shape index (κ3) is 4.01. The minimum Gasteiger partial charge on any atom is -0.493 e. The van der Waals surface area contributed by atoms with Crippen molar-refractivity contribution < 1.29 is 14.3 Å². The fourth-order valence-electron chi connectivity index (χ4n) is 2.69. The van der Waals surface area contributed by atoms with Crippen LogP contribution >= 0.6 is 11.8 Å². The highest BCUT2D eigenvalue weighted by atomic mass is 32.2. The van der Waals surface area contributed by atoms with E-state index in [1.807, 2.05) is 50.3 Å². The van der Waals surface area contributed by atoms with Gasteiger partial charge in [0.15, 0.2) is 16.7 Å². The Morgan fingerprint density at radius 1 is 1.04 bits per heavy atom. The van der Waals surface area contributed by atoms with Gasteiger partial charge in [-0.05, 0) is 66.6 Å². The van der Waals surface area contributed by atoms with Gasteiger partial charge in [0.1, 0.15) is 0 Å². The van der Waals surface area contributed by atoms with Gasteiger partial charge in [-0.1, -0.05) is 18.2 Å². The molecule has 6 heteroatoms. The predicted octanol–water partition coefficient (Wildman–Crippen LogP) is 4.55. The van der Waals surface area contributed by atoms with Crippen LogP contribution in [-0.2, 0) is 4.79 Å². The third-order valence-corrected chi connectivity index (χ3v) is 5.35. The predicted molar refractivity (Wildman–Crippen MR) is 111 cm³/mol. The lowest BCUT2D eigenvalue weighted by atomic mass is 10.1. The van der Waals surface area contributed by atoms with Crippen molar-refractivity contribution >= 4 is 34.6 Å². The molecule has 5 nitrogen and oxygen atoms in total. The molecule has 1 heterocycles. The molecule has 1 aliphatic heterocycles. The summed E-state index contributed by atoms with van der Waals surface area (Å²) in [4.78, 5) is 19.5. The van der Waals surface area contributed by atoms with Crippen molar-refractivity contribution in [3.05, 3.63) is 58.0 Å². The van der Waals surface area contributed by atoms with Crippen LogP contribution in [0.5, 0.6) is 11.5 Å². The van der Waals surface area contributed by atoms with Crippen LogP contribution < -0.4 is 9.47 Å². The topological polar surface area (TPSA) is 51.1 Å². The average Bonchev–Trinajstić information content (AvgIpc) is 2.92. The number of rotatable bonds is 4. The molecule has 0 aromatic heterocycles. The Hall–Kier alpha value is -2.73. The van der Waals surface area contributed by atoms with Crippen LogP contribution in [0.25, 0.3) is 6.08 Å². The summed E-state index contributed by atoms with van der Waals surface area (Å²) in [6.07, 6.45) is 1.84. The van der Waals surface area contributed by atoms with Crippen LogP contribution in [0.3, 0.4) is 0 Å². The van der Waals surface area contributed by atoms with E-state index in [1.165, 1.54) is 11.8 Å². The van der Waals surface area contributed by atoms with Gasteiger partial charge in [-0.3, -0.25) is 9.69 Å². The number of ether oxygens (including phenoxy) is 2. The van der Waals surface area contributed by atoms with Crippen molar-refractivity contribution in [2.75, 3.05) is 21.3 Å². The molecule has 0 bridgehead atoms. The molecule has 1 aliphatic rings. The lowest BCUT2D eigenvalue weighted by molar-refractivity contribution is -0.121. The molecule has 2 aromatic rings. The summed E-state index contributed by atoms with van der Waals surface area (Å²) in [5.74, 6) is 1.21. The summed E-state index contributed by atoms with van der Waals surface area (Å²) in [5, 5.41) is 0.667. The average molecular weight is 382 g/mol. The summed E-state index contributed by atoms with van der Waals surface area (Å²) in [6, 6.07) is 11.7. The van der Waals surface area contributed by atoms with E-state index in [-0.39, 0.29) is 5.91 Å². The summed E-state index contributed by atoms with van der Waals surface area (Å²) < 4.78 is 10.6. The maximum absolute atomic E-state index is 12.6. The van der Waals surface area contributed by atoms with E-state index in [2.05, 4.69) is 6.07 Å². The number of methoxy groups -OCH3 is 2. The maximum Gasteiger partial charge on any atom is 0.266 e. The van der Waals surface area contributed by atoms with E-state index < -0.39 is 0 Å². The highest BCUT2D eigenvalue weighted by Crippen LogP contribution is 2.35. The monoisotopic (exact) mass is 382 g/mol. The van der Waals surface area contributed by atoms with Crippen molar-refractivity contribution in [1.29, 1.82) is 0 Å². The molecule has 0 saturated carbocycles. The summed E-state index contributed by atoms with van der Waals surface area (Å²) in [7, 11) is 4.93. The molecule has 3 rings (SSSR count). The van der Waals surface area contributed by atoms with E-state index >= 15 is 0 Å². The number of hydrogen-bond acceptors (Lipinski definition) is 5. The van der Waals surface area contributed by atoms with Crippen molar-refractivity contribution in [2.24, 2.45) is 4.99 Å². The van der Waals surface area contributed by atoms with Gasteiger partial charge in [0, 0.05) is 7.05 Å². The van der Waals surface area contributed by atoms with Gasteiger partial charge in [-0.2, -0.15) is 0 Å². The highest BCUT2D eigenvalue weighted by molar-refractivity contribution is 8.18. The fraction of sp³-hybridized carbons (Fsp3) is 0.238. The Bertz CT molecular complexity index is 950. The first kappa shape index (κ1) is 19.0. The van der Waals surface area contributed by atoms with E-state index in [1.54, 1.807) is 26.2 Å². The van der Waals surface area contributed by atoms with Crippen molar-refractivity contribution in [3.8, 4) is 11.5 Å². The van der Waals surface area contributed by atoms with Gasteiger partial charge in [-0.15, -0.1) is 0 Å². The van der Waals surface area contributed by atoms with Crippen LogP contribution in [0.15, 0.2) is 46.3 Å². The highest BCUT2D eigenvalue weighted by Gasteiger charge is 2.30. The minimum atomic E-state index is -0.0705. The Balaban J connectivity index is 1.93. The number of aryl methyl sites for hydroxylation is 2. The lowest BCUT2D eigenvalue weighted by Crippen LogP contribution is -2.23. The molecule has 2 aromatic carbocycles. The zero-order chi connectivity index (χ0) is 19.6. The number of hydrogen-bond donors (Lipinski definition) is 0. The van der Waals surface area contributed by atoms with Crippen LogP contribution in [0.2, 0.25) is 0 Å². The molecule has 1 amide bonds. The first-order valence-corrected chi connectivity index (χ1v) is 9.30. The molecular weight excluding hydrogens is 360 g/mol. The van der Waals surface area contributed by atoms with Gasteiger partial charge in [0.05, 0.1) is 24.8 Å². The number of likely N-dealkylation sites (N-methyl/N-ethyl adjacent to an activating group) is 1. The molecular formula is C21H22N2O3S. The second-order valence-corrected chi connectivity index (χ2v) is 7.28. The van der Waals surface area contributed by atoms with Gasteiger partial charge >= 0.3 is 0 Å². The number of aliphatic imine (C=N–C) groups is 1. The van der Waals surface area contributed by atoms with E-state index in [9.17, 15) is 4.79 Å². The normalized spacial score (nSPS) is 17.1. The first-order valence-electron chi connectivity index (χ1n) is 8.48. The largest absolute Gasteiger partial charge is 0.493 e. The van der Waals surface area contributed by atoms with E-state index in [4.69, 9.17) is 14.5 Å². The number of nitrogens with zero attached hydrogens (tertiary/aromatic N) is 2. The number of amidine groups is 1. The number of benzene rings is 2. The molecule has 0 unspecified atom stereocenters. The lowest BCUT2D eigenvalue weighted by Gasteiger charge is -2.09. The molecule has 0 atom stereocenters. The standard InChI is InChI=1S/C21H22N2O3S/c1-13-6-7-14(2)16(10-13)22-21-23(3)20(24)19(27-21)12-15-8-9-17(25-4)18(11-15)26-5/h6-12H,1-5H3/b19-12+,22-21?. The smallest absolute Gasteiger partial charge is 0.266 e. The fourth-order valence-corrected chi connectivity index (χ4v) is 3.67. The molecule has 1 saturated heterocycles. The minimum absolute atomic E-state index is 0.0705. The maximum atomic E-state index is 12.6. The summed E-state index contributed by atoms with van der Waals surface area (Å²) in [5.41, 5.74) is 3.96. The summed E-state index contributed by atoms with van der Waals surface area (Å²) >= 11 is 1.37.